The van der Waals surface area contributed by atoms with Gasteiger partial charge in [-0.3, -0.25) is 4.90 Å². The van der Waals surface area contributed by atoms with E-state index in [1.807, 2.05) is 0 Å². The van der Waals surface area contributed by atoms with Crippen LogP contribution >= 0.6 is 0 Å². The molecule has 0 saturated heterocycles. The lowest BCUT2D eigenvalue weighted by atomic mass is 9.99. The molecular weight excluding hydrogens is 236 g/mol. The Labute approximate surface area is 118 Å². The number of aliphatic hydroxyl groups is 1. The highest BCUT2D eigenvalue weighted by molar-refractivity contribution is 4.98. The summed E-state index contributed by atoms with van der Waals surface area (Å²) in [5.74, 6) is 0.769. The molecule has 0 amide bonds. The highest BCUT2D eigenvalue weighted by atomic mass is 16.3. The van der Waals surface area contributed by atoms with Crippen LogP contribution in [-0.2, 0) is 0 Å². The molecule has 3 nitrogen and oxygen atoms in total. The van der Waals surface area contributed by atoms with Crippen LogP contribution in [0.15, 0.2) is 0 Å². The zero-order valence-electron chi connectivity index (χ0n) is 12.8. The number of aliphatic hydroxyl groups excluding tert-OH is 1. The van der Waals surface area contributed by atoms with Gasteiger partial charge >= 0.3 is 0 Å². The summed E-state index contributed by atoms with van der Waals surface area (Å²) in [4.78, 5) is 2.75. The molecule has 0 radical (unpaired) electrons. The average Bonchev–Trinajstić information content (AvgIpc) is 3.00. The van der Waals surface area contributed by atoms with Crippen molar-refractivity contribution in [1.82, 2.24) is 4.90 Å². The standard InChI is InChI=1S/C16H32N2O/c1-13(2)8-10-18(14-5-3-4-6-14)15-7-9-16(17,11-15)12-19/h13-15,19H,3-12,17H2,1-2H3. The van der Waals surface area contributed by atoms with Crippen LogP contribution in [0.4, 0.5) is 0 Å². The Hall–Kier alpha value is -0.120. The quantitative estimate of drug-likeness (QED) is 0.778. The van der Waals surface area contributed by atoms with Crippen LogP contribution in [0.3, 0.4) is 0 Å². The maximum atomic E-state index is 9.46. The van der Waals surface area contributed by atoms with E-state index in [0.717, 1.165) is 24.8 Å². The van der Waals surface area contributed by atoms with Crippen LogP contribution in [0.25, 0.3) is 0 Å². The minimum Gasteiger partial charge on any atom is -0.394 e. The molecule has 2 rings (SSSR count). The molecule has 2 fully saturated rings. The van der Waals surface area contributed by atoms with E-state index in [4.69, 9.17) is 5.73 Å². The molecule has 0 spiro atoms. The van der Waals surface area contributed by atoms with Crippen molar-refractivity contribution in [2.24, 2.45) is 11.7 Å². The van der Waals surface area contributed by atoms with Gasteiger partial charge in [-0.15, -0.1) is 0 Å². The molecular formula is C16H32N2O. The second-order valence-corrected chi connectivity index (χ2v) is 7.28. The predicted octanol–water partition coefficient (Wildman–Crippen LogP) is 2.52. The first-order valence-corrected chi connectivity index (χ1v) is 8.19. The maximum Gasteiger partial charge on any atom is 0.0611 e. The molecule has 2 aliphatic rings. The first-order chi connectivity index (χ1) is 9.04. The molecule has 0 aromatic carbocycles. The molecule has 2 saturated carbocycles. The third-order valence-electron chi connectivity index (χ3n) is 5.16. The Balaban J connectivity index is 1.96. The molecule has 0 heterocycles. The van der Waals surface area contributed by atoms with Gasteiger partial charge in [0.1, 0.15) is 0 Å². The number of nitrogens with two attached hydrogens (primary N) is 1. The largest absolute Gasteiger partial charge is 0.394 e. The Kier molecular flexibility index (Phi) is 5.27. The number of rotatable bonds is 6. The van der Waals surface area contributed by atoms with Gasteiger partial charge in [0, 0.05) is 17.6 Å². The molecule has 19 heavy (non-hydrogen) atoms. The number of hydrogen-bond acceptors (Lipinski definition) is 3. The fourth-order valence-corrected chi connectivity index (χ4v) is 3.86. The molecule has 3 heteroatoms. The fourth-order valence-electron chi connectivity index (χ4n) is 3.86. The van der Waals surface area contributed by atoms with Crippen LogP contribution in [0.2, 0.25) is 0 Å². The lowest BCUT2D eigenvalue weighted by molar-refractivity contribution is 0.118. The topological polar surface area (TPSA) is 49.5 Å². The summed E-state index contributed by atoms with van der Waals surface area (Å²) in [7, 11) is 0. The maximum absolute atomic E-state index is 9.46. The van der Waals surface area contributed by atoms with Crippen molar-refractivity contribution in [1.29, 1.82) is 0 Å². The van der Waals surface area contributed by atoms with Crippen LogP contribution in [0, 0.1) is 5.92 Å². The first-order valence-electron chi connectivity index (χ1n) is 8.19. The third-order valence-corrected chi connectivity index (χ3v) is 5.16. The molecule has 0 bridgehead atoms. The lowest BCUT2D eigenvalue weighted by Gasteiger charge is -2.36. The van der Waals surface area contributed by atoms with Crippen LogP contribution in [0.5, 0.6) is 0 Å². The van der Waals surface area contributed by atoms with Gasteiger partial charge < -0.3 is 10.8 Å². The van der Waals surface area contributed by atoms with Crippen molar-refractivity contribution in [2.45, 2.75) is 82.8 Å². The first kappa shape index (κ1) is 15.3. The smallest absolute Gasteiger partial charge is 0.0611 e. The van der Waals surface area contributed by atoms with E-state index in [1.165, 1.54) is 45.1 Å². The second kappa shape index (κ2) is 6.55. The van der Waals surface area contributed by atoms with E-state index in [-0.39, 0.29) is 12.1 Å². The summed E-state index contributed by atoms with van der Waals surface area (Å²) in [6.45, 7) is 5.98. The third kappa shape index (κ3) is 3.93. The summed E-state index contributed by atoms with van der Waals surface area (Å²) in [6, 6.07) is 1.39. The minimum absolute atomic E-state index is 0.145. The Morgan fingerprint density at radius 1 is 1.21 bits per heavy atom. The zero-order valence-corrected chi connectivity index (χ0v) is 12.8. The van der Waals surface area contributed by atoms with Crippen molar-refractivity contribution in [3.63, 3.8) is 0 Å². The van der Waals surface area contributed by atoms with Gasteiger partial charge in [-0.05, 0) is 51.0 Å². The van der Waals surface area contributed by atoms with Gasteiger partial charge in [0.2, 0.25) is 0 Å². The number of hydrogen-bond donors (Lipinski definition) is 2. The van der Waals surface area contributed by atoms with Crippen molar-refractivity contribution in [3.8, 4) is 0 Å². The Morgan fingerprint density at radius 2 is 1.89 bits per heavy atom. The fraction of sp³-hybridized carbons (Fsp3) is 1.00. The molecule has 2 unspecified atom stereocenters. The zero-order chi connectivity index (χ0) is 13.9. The van der Waals surface area contributed by atoms with Crippen molar-refractivity contribution < 1.29 is 5.11 Å². The highest BCUT2D eigenvalue weighted by Crippen LogP contribution is 2.35. The van der Waals surface area contributed by atoms with Gasteiger partial charge in [0.15, 0.2) is 0 Å². The Morgan fingerprint density at radius 3 is 2.42 bits per heavy atom. The molecule has 2 atom stereocenters. The van der Waals surface area contributed by atoms with E-state index in [1.54, 1.807) is 0 Å². The number of nitrogens with zero attached hydrogens (tertiary/aromatic N) is 1. The van der Waals surface area contributed by atoms with Crippen molar-refractivity contribution in [3.05, 3.63) is 0 Å². The summed E-state index contributed by atoms with van der Waals surface area (Å²) < 4.78 is 0. The molecule has 112 valence electrons. The van der Waals surface area contributed by atoms with Crippen LogP contribution in [-0.4, -0.2) is 40.8 Å². The second-order valence-electron chi connectivity index (χ2n) is 7.28. The van der Waals surface area contributed by atoms with E-state index in [9.17, 15) is 5.11 Å². The van der Waals surface area contributed by atoms with E-state index < -0.39 is 0 Å². The lowest BCUT2D eigenvalue weighted by Crippen LogP contribution is -2.46. The van der Waals surface area contributed by atoms with Gasteiger partial charge in [0.25, 0.3) is 0 Å². The molecule has 0 aromatic heterocycles. The minimum atomic E-state index is -0.306. The van der Waals surface area contributed by atoms with Crippen LogP contribution < -0.4 is 5.73 Å². The molecule has 0 aliphatic heterocycles. The van der Waals surface area contributed by atoms with Gasteiger partial charge in [-0.1, -0.05) is 26.7 Å². The summed E-state index contributed by atoms with van der Waals surface area (Å²) in [6.07, 6.45) is 9.94. The molecule has 2 aliphatic carbocycles. The van der Waals surface area contributed by atoms with Gasteiger partial charge in [-0.25, -0.2) is 0 Å². The van der Waals surface area contributed by atoms with Gasteiger partial charge in [0.05, 0.1) is 6.61 Å². The normalized spacial score (nSPS) is 32.8. The summed E-state index contributed by atoms with van der Waals surface area (Å²) >= 11 is 0. The highest BCUT2D eigenvalue weighted by Gasteiger charge is 2.40. The molecule has 0 aromatic rings. The average molecular weight is 268 g/mol. The van der Waals surface area contributed by atoms with Crippen molar-refractivity contribution in [2.75, 3.05) is 13.2 Å². The van der Waals surface area contributed by atoms with E-state index in [0.29, 0.717) is 6.04 Å². The van der Waals surface area contributed by atoms with Crippen molar-refractivity contribution >= 4 is 0 Å². The summed E-state index contributed by atoms with van der Waals surface area (Å²) in [5.41, 5.74) is 5.96. The monoisotopic (exact) mass is 268 g/mol. The predicted molar refractivity (Wildman–Crippen MR) is 80.1 cm³/mol. The molecule has 3 N–H and O–H groups in total. The summed E-state index contributed by atoms with van der Waals surface area (Å²) in [5, 5.41) is 9.46. The van der Waals surface area contributed by atoms with Crippen LogP contribution in [0.1, 0.15) is 65.2 Å². The van der Waals surface area contributed by atoms with E-state index in [2.05, 4.69) is 18.7 Å². The Bertz CT molecular complexity index is 276. The SMILES string of the molecule is CC(C)CCN(C1CCCC1)C1CCC(N)(CO)C1. The van der Waals surface area contributed by atoms with Gasteiger partial charge in [-0.2, -0.15) is 0 Å². The van der Waals surface area contributed by atoms with E-state index >= 15 is 0 Å².